The molecule has 0 saturated heterocycles. The molecule has 1 N–H and O–H groups in total. The highest BCUT2D eigenvalue weighted by atomic mass is 79.9. The van der Waals surface area contributed by atoms with E-state index < -0.39 is 0 Å². The Morgan fingerprint density at radius 3 is 2.79 bits per heavy atom. The van der Waals surface area contributed by atoms with Gasteiger partial charge in [0.05, 0.1) is 5.69 Å². The van der Waals surface area contributed by atoms with Gasteiger partial charge in [0.25, 0.3) is 0 Å². The maximum absolute atomic E-state index is 12.1. The first-order valence-electron chi connectivity index (χ1n) is 5.74. The molecule has 2 amide bonds. The first kappa shape index (κ1) is 12.1. The number of allylic oxidation sites excluding steroid dienone is 2. The summed E-state index contributed by atoms with van der Waals surface area (Å²) in [6, 6.07) is 3.33. The van der Waals surface area contributed by atoms with Crippen molar-refractivity contribution in [3.05, 3.63) is 41.0 Å². The molecule has 2 aliphatic heterocycles. The molecule has 3 rings (SSSR count). The number of carbonyl (C=O) groups excluding carboxylic acids is 1. The lowest BCUT2D eigenvalue weighted by atomic mass is 10.3. The number of hydrogen-bond acceptors (Lipinski definition) is 3. The van der Waals surface area contributed by atoms with Crippen molar-refractivity contribution in [2.45, 2.75) is 0 Å². The van der Waals surface area contributed by atoms with Crippen LogP contribution in [0.15, 0.2) is 41.0 Å². The van der Waals surface area contributed by atoms with Crippen molar-refractivity contribution >= 4 is 27.6 Å². The zero-order valence-electron chi connectivity index (χ0n) is 9.93. The fraction of sp³-hybridized carbons (Fsp3) is 0.154. The van der Waals surface area contributed by atoms with Crippen LogP contribution in [-0.4, -0.2) is 24.3 Å². The van der Waals surface area contributed by atoms with Crippen LogP contribution in [0.2, 0.25) is 0 Å². The summed E-state index contributed by atoms with van der Waals surface area (Å²) in [4.78, 5) is 13.6. The minimum atomic E-state index is -0.194. The van der Waals surface area contributed by atoms with Crippen LogP contribution < -0.4 is 14.8 Å². The molecule has 0 saturated carbocycles. The normalized spacial score (nSPS) is 15.7. The lowest BCUT2D eigenvalue weighted by Gasteiger charge is -2.19. The molecule has 0 spiro atoms. The monoisotopic (exact) mass is 322 g/mol. The molecule has 6 heteroatoms. The molecule has 0 fully saturated rings. The van der Waals surface area contributed by atoms with Gasteiger partial charge < -0.3 is 14.8 Å². The highest BCUT2D eigenvalue weighted by molar-refractivity contribution is 9.10. The van der Waals surface area contributed by atoms with Crippen LogP contribution >= 0.6 is 15.9 Å². The SMILES string of the molecule is O=C(Nc1cc2c(cc1Br)OCO2)N1C=CC=CC1. The van der Waals surface area contributed by atoms with Crippen LogP contribution in [0.5, 0.6) is 11.5 Å². The summed E-state index contributed by atoms with van der Waals surface area (Å²) in [5, 5.41) is 2.83. The average Bonchev–Trinajstić information content (AvgIpc) is 2.87. The van der Waals surface area contributed by atoms with E-state index in [-0.39, 0.29) is 12.8 Å². The fourth-order valence-corrected chi connectivity index (χ4v) is 2.24. The molecule has 2 aliphatic rings. The number of ether oxygens (including phenoxy) is 2. The van der Waals surface area contributed by atoms with E-state index in [1.807, 2.05) is 18.2 Å². The summed E-state index contributed by atoms with van der Waals surface area (Å²) < 4.78 is 11.3. The van der Waals surface area contributed by atoms with E-state index >= 15 is 0 Å². The third-order valence-electron chi connectivity index (χ3n) is 2.78. The fourth-order valence-electron chi connectivity index (χ4n) is 1.82. The molecular formula is C13H11BrN2O3. The zero-order valence-corrected chi connectivity index (χ0v) is 11.5. The number of carbonyl (C=O) groups is 1. The molecule has 2 heterocycles. The molecule has 0 unspecified atom stereocenters. The van der Waals surface area contributed by atoms with Crippen LogP contribution in [-0.2, 0) is 0 Å². The van der Waals surface area contributed by atoms with E-state index in [2.05, 4.69) is 21.2 Å². The van der Waals surface area contributed by atoms with Crippen molar-refractivity contribution in [2.75, 3.05) is 18.7 Å². The van der Waals surface area contributed by atoms with Gasteiger partial charge in [0, 0.05) is 29.4 Å². The van der Waals surface area contributed by atoms with Gasteiger partial charge in [0.15, 0.2) is 11.5 Å². The van der Waals surface area contributed by atoms with Crippen molar-refractivity contribution in [1.82, 2.24) is 4.90 Å². The largest absolute Gasteiger partial charge is 0.454 e. The van der Waals surface area contributed by atoms with Crippen LogP contribution in [0.25, 0.3) is 0 Å². The summed E-state index contributed by atoms with van der Waals surface area (Å²) in [6.45, 7) is 0.767. The second kappa shape index (κ2) is 4.97. The molecule has 0 atom stereocenters. The van der Waals surface area contributed by atoms with Crippen LogP contribution in [0, 0.1) is 0 Å². The molecule has 5 nitrogen and oxygen atoms in total. The van der Waals surface area contributed by atoms with Crippen molar-refractivity contribution in [3.8, 4) is 11.5 Å². The Balaban J connectivity index is 1.78. The molecule has 0 aromatic heterocycles. The predicted octanol–water partition coefficient (Wildman–Crippen LogP) is 3.10. The Labute approximate surface area is 118 Å². The van der Waals surface area contributed by atoms with Gasteiger partial charge >= 0.3 is 6.03 Å². The van der Waals surface area contributed by atoms with Gasteiger partial charge in [-0.2, -0.15) is 0 Å². The second-order valence-corrected chi connectivity index (χ2v) is 4.89. The Kier molecular flexibility index (Phi) is 3.16. The summed E-state index contributed by atoms with van der Waals surface area (Å²) in [7, 11) is 0. The quantitative estimate of drug-likeness (QED) is 0.864. The Hall–Kier alpha value is -1.95. The first-order chi connectivity index (χ1) is 9.24. The van der Waals surface area contributed by atoms with Crippen LogP contribution in [0.4, 0.5) is 10.5 Å². The molecule has 1 aromatic carbocycles. The number of rotatable bonds is 1. The number of nitrogens with zero attached hydrogens (tertiary/aromatic N) is 1. The lowest BCUT2D eigenvalue weighted by molar-refractivity contribution is 0.174. The number of nitrogens with one attached hydrogen (secondary N) is 1. The maximum Gasteiger partial charge on any atom is 0.326 e. The number of benzene rings is 1. The minimum Gasteiger partial charge on any atom is -0.454 e. The van der Waals surface area contributed by atoms with Gasteiger partial charge in [-0.25, -0.2) is 4.79 Å². The van der Waals surface area contributed by atoms with E-state index in [1.165, 1.54) is 0 Å². The van der Waals surface area contributed by atoms with Gasteiger partial charge in [-0.05, 0) is 22.0 Å². The van der Waals surface area contributed by atoms with Gasteiger partial charge in [0.2, 0.25) is 6.79 Å². The highest BCUT2D eigenvalue weighted by Gasteiger charge is 2.18. The number of urea groups is 1. The van der Waals surface area contributed by atoms with Gasteiger partial charge in [-0.1, -0.05) is 12.2 Å². The smallest absolute Gasteiger partial charge is 0.326 e. The molecule has 98 valence electrons. The zero-order chi connectivity index (χ0) is 13.2. The molecule has 0 radical (unpaired) electrons. The van der Waals surface area contributed by atoms with Crippen molar-refractivity contribution in [2.24, 2.45) is 0 Å². The summed E-state index contributed by atoms with van der Waals surface area (Å²) >= 11 is 3.40. The molecule has 0 aliphatic carbocycles. The Morgan fingerprint density at radius 2 is 2.05 bits per heavy atom. The van der Waals surface area contributed by atoms with E-state index in [4.69, 9.17) is 9.47 Å². The van der Waals surface area contributed by atoms with Crippen molar-refractivity contribution in [3.63, 3.8) is 0 Å². The number of fused-ring (bicyclic) bond motifs is 1. The molecule has 0 bridgehead atoms. The standard InChI is InChI=1S/C13H11BrN2O3/c14-9-6-11-12(19-8-18-11)7-10(9)15-13(17)16-4-2-1-3-5-16/h1-4,6-7H,5,8H2,(H,15,17). The summed E-state index contributed by atoms with van der Waals surface area (Å²) in [5.41, 5.74) is 0.650. The van der Waals surface area contributed by atoms with E-state index in [0.29, 0.717) is 23.7 Å². The van der Waals surface area contributed by atoms with Crippen molar-refractivity contribution < 1.29 is 14.3 Å². The number of anilines is 1. The van der Waals surface area contributed by atoms with Gasteiger partial charge in [-0.15, -0.1) is 0 Å². The lowest BCUT2D eigenvalue weighted by Crippen LogP contribution is -2.31. The van der Waals surface area contributed by atoms with Gasteiger partial charge in [-0.3, -0.25) is 4.90 Å². The first-order valence-corrected chi connectivity index (χ1v) is 6.53. The van der Waals surface area contributed by atoms with Crippen LogP contribution in [0.1, 0.15) is 0 Å². The Morgan fingerprint density at radius 1 is 1.26 bits per heavy atom. The summed E-state index contributed by atoms with van der Waals surface area (Å²) in [5.74, 6) is 1.30. The van der Waals surface area contributed by atoms with Crippen LogP contribution in [0.3, 0.4) is 0 Å². The topological polar surface area (TPSA) is 50.8 Å². The van der Waals surface area contributed by atoms with E-state index in [0.717, 1.165) is 4.47 Å². The Bertz CT molecular complexity index is 583. The molecular weight excluding hydrogens is 312 g/mol. The second-order valence-electron chi connectivity index (χ2n) is 4.04. The van der Waals surface area contributed by atoms with Gasteiger partial charge in [0.1, 0.15) is 0 Å². The third kappa shape index (κ3) is 2.44. The van der Waals surface area contributed by atoms with E-state index in [9.17, 15) is 4.79 Å². The third-order valence-corrected chi connectivity index (χ3v) is 3.44. The minimum absolute atomic E-state index is 0.194. The molecule has 19 heavy (non-hydrogen) atoms. The number of hydrogen-bond donors (Lipinski definition) is 1. The van der Waals surface area contributed by atoms with Crippen molar-refractivity contribution in [1.29, 1.82) is 0 Å². The average molecular weight is 323 g/mol. The highest BCUT2D eigenvalue weighted by Crippen LogP contribution is 2.39. The maximum atomic E-state index is 12.1. The van der Waals surface area contributed by atoms with E-state index in [1.54, 1.807) is 23.2 Å². The predicted molar refractivity (Wildman–Crippen MR) is 74.3 cm³/mol. The number of halogens is 1. The molecule has 1 aromatic rings. The summed E-state index contributed by atoms with van der Waals surface area (Å²) in [6.07, 6.45) is 7.36. The number of amides is 2.